The van der Waals surface area contributed by atoms with Gasteiger partial charge in [-0.3, -0.25) is 9.20 Å². The van der Waals surface area contributed by atoms with Crippen LogP contribution in [0.15, 0.2) is 35.7 Å². The van der Waals surface area contributed by atoms with Gasteiger partial charge < -0.3 is 15.0 Å². The fourth-order valence-electron chi connectivity index (χ4n) is 3.70. The van der Waals surface area contributed by atoms with Gasteiger partial charge in [0.1, 0.15) is 11.2 Å². The number of nitrogens with one attached hydrogen (secondary N) is 1. The molecule has 0 saturated carbocycles. The number of aromatic nitrogens is 4. The summed E-state index contributed by atoms with van der Waals surface area (Å²) in [5.41, 5.74) is 3.80. The lowest BCUT2D eigenvalue weighted by molar-refractivity contribution is -0.113. The van der Waals surface area contributed by atoms with Crippen molar-refractivity contribution < 1.29 is 9.53 Å². The number of ether oxygens (including phenoxy) is 1. The molecule has 4 aromatic rings. The molecule has 0 aliphatic carbocycles. The van der Waals surface area contributed by atoms with E-state index >= 15 is 0 Å². The van der Waals surface area contributed by atoms with Gasteiger partial charge in [0, 0.05) is 18.0 Å². The number of hydrogen-bond donors (Lipinski definition) is 1. The third-order valence-corrected chi connectivity index (χ3v) is 7.47. The molecule has 1 N–H and O–H groups in total. The first-order chi connectivity index (χ1) is 15.1. The molecule has 10 heteroatoms. The first-order valence-corrected chi connectivity index (χ1v) is 11.9. The number of benzene rings is 1. The van der Waals surface area contributed by atoms with Crippen molar-refractivity contribution in [2.24, 2.45) is 0 Å². The highest BCUT2D eigenvalue weighted by molar-refractivity contribution is 7.99. The van der Waals surface area contributed by atoms with Crippen molar-refractivity contribution in [2.45, 2.75) is 19.0 Å². The minimum absolute atomic E-state index is 0.0842. The van der Waals surface area contributed by atoms with E-state index in [-0.39, 0.29) is 11.7 Å². The number of amides is 1. The van der Waals surface area contributed by atoms with Gasteiger partial charge in [-0.1, -0.05) is 23.9 Å². The van der Waals surface area contributed by atoms with Crippen LogP contribution in [0.1, 0.15) is 10.4 Å². The molecule has 5 rings (SSSR count). The van der Waals surface area contributed by atoms with Crippen LogP contribution in [0, 0.1) is 13.8 Å². The first-order valence-electron chi connectivity index (χ1n) is 10.1. The van der Waals surface area contributed by atoms with Crippen LogP contribution < -0.4 is 10.2 Å². The Kier molecular flexibility index (Phi) is 5.51. The predicted octanol–water partition coefficient (Wildman–Crippen LogP) is 3.52. The minimum atomic E-state index is -0.0842. The molecule has 0 unspecified atom stereocenters. The van der Waals surface area contributed by atoms with E-state index in [9.17, 15) is 4.79 Å². The molecule has 1 amide bonds. The standard InChI is InChI=1S/C21H22N6O2S2/c1-13-14(2)31-20-18(13)19-24-25-21(27(19)12-22-20)30-11-17(28)23-15-5-3-4-6-16(15)26-7-9-29-10-8-26/h3-6,12H,7-11H2,1-2H3,(H,23,28). The molecule has 0 atom stereocenters. The molecule has 0 bridgehead atoms. The second-order valence-corrected chi connectivity index (χ2v) is 9.48. The van der Waals surface area contributed by atoms with Gasteiger partial charge in [0.2, 0.25) is 5.91 Å². The molecular weight excluding hydrogens is 432 g/mol. The van der Waals surface area contributed by atoms with Crippen molar-refractivity contribution in [1.82, 2.24) is 19.6 Å². The monoisotopic (exact) mass is 454 g/mol. The van der Waals surface area contributed by atoms with Crippen LogP contribution in [0.3, 0.4) is 0 Å². The number of fused-ring (bicyclic) bond motifs is 3. The Hall–Kier alpha value is -2.69. The van der Waals surface area contributed by atoms with Crippen molar-refractivity contribution in [3.8, 4) is 0 Å². The highest BCUT2D eigenvalue weighted by Crippen LogP contribution is 2.32. The smallest absolute Gasteiger partial charge is 0.234 e. The summed E-state index contributed by atoms with van der Waals surface area (Å²) in [5, 5.41) is 13.4. The van der Waals surface area contributed by atoms with Crippen molar-refractivity contribution in [2.75, 3.05) is 42.3 Å². The van der Waals surface area contributed by atoms with E-state index in [0.29, 0.717) is 18.4 Å². The summed E-state index contributed by atoms with van der Waals surface area (Å²) in [7, 11) is 0. The van der Waals surface area contributed by atoms with Crippen molar-refractivity contribution in [1.29, 1.82) is 0 Å². The topological polar surface area (TPSA) is 84.7 Å². The maximum absolute atomic E-state index is 12.7. The number of carbonyl (C=O) groups excluding carboxylic acids is 1. The maximum Gasteiger partial charge on any atom is 0.234 e. The summed E-state index contributed by atoms with van der Waals surface area (Å²) >= 11 is 3.01. The molecule has 1 saturated heterocycles. The quantitative estimate of drug-likeness (QED) is 0.462. The number of rotatable bonds is 5. The lowest BCUT2D eigenvalue weighted by Gasteiger charge is -2.30. The van der Waals surface area contributed by atoms with Gasteiger partial charge in [0.05, 0.1) is 35.7 Å². The number of aryl methyl sites for hydroxylation is 2. The van der Waals surface area contributed by atoms with Gasteiger partial charge >= 0.3 is 0 Å². The number of hydrogen-bond acceptors (Lipinski definition) is 8. The van der Waals surface area contributed by atoms with E-state index in [1.165, 1.54) is 22.2 Å². The Balaban J connectivity index is 1.31. The van der Waals surface area contributed by atoms with Crippen LogP contribution in [0.2, 0.25) is 0 Å². The summed E-state index contributed by atoms with van der Waals surface area (Å²) in [4.78, 5) is 21.7. The number of para-hydroxylation sites is 2. The van der Waals surface area contributed by atoms with E-state index in [4.69, 9.17) is 4.74 Å². The van der Waals surface area contributed by atoms with Crippen LogP contribution in [0.4, 0.5) is 11.4 Å². The molecule has 1 aliphatic rings. The molecule has 160 valence electrons. The molecule has 0 spiro atoms. The van der Waals surface area contributed by atoms with Crippen molar-refractivity contribution in [3.05, 3.63) is 41.0 Å². The van der Waals surface area contributed by atoms with Crippen molar-refractivity contribution in [3.63, 3.8) is 0 Å². The highest BCUT2D eigenvalue weighted by atomic mass is 32.2. The molecule has 1 aromatic carbocycles. The summed E-state index contributed by atoms with van der Waals surface area (Å²) in [5.74, 6) is 0.150. The number of nitrogens with zero attached hydrogens (tertiary/aromatic N) is 5. The van der Waals surface area contributed by atoms with Crippen LogP contribution in [-0.2, 0) is 9.53 Å². The molecule has 3 aromatic heterocycles. The number of carbonyl (C=O) groups is 1. The predicted molar refractivity (Wildman–Crippen MR) is 124 cm³/mol. The van der Waals surface area contributed by atoms with Gasteiger partial charge in [0.25, 0.3) is 0 Å². The number of thiophene rings is 1. The van der Waals surface area contributed by atoms with Crippen LogP contribution in [0.5, 0.6) is 0 Å². The Labute approximate surface area is 187 Å². The Bertz CT molecular complexity index is 1260. The average Bonchev–Trinajstić information content (AvgIpc) is 3.33. The van der Waals surface area contributed by atoms with Crippen molar-refractivity contribution >= 4 is 56.2 Å². The van der Waals surface area contributed by atoms with E-state index in [2.05, 4.69) is 39.2 Å². The maximum atomic E-state index is 12.7. The van der Waals surface area contributed by atoms with E-state index in [1.54, 1.807) is 17.7 Å². The summed E-state index contributed by atoms with van der Waals surface area (Å²) < 4.78 is 7.30. The van der Waals surface area contributed by atoms with Crippen LogP contribution in [-0.4, -0.2) is 57.5 Å². The van der Waals surface area contributed by atoms with Gasteiger partial charge in [-0.2, -0.15) is 0 Å². The SMILES string of the molecule is Cc1sc2ncn3c(SCC(=O)Nc4ccccc4N4CCOCC4)nnc3c2c1C. The van der Waals surface area contributed by atoms with E-state index < -0.39 is 0 Å². The lowest BCUT2D eigenvalue weighted by Crippen LogP contribution is -2.36. The molecule has 8 nitrogen and oxygen atoms in total. The fraction of sp³-hybridized carbons (Fsp3) is 0.333. The summed E-state index contributed by atoms with van der Waals surface area (Å²) in [6.07, 6.45) is 1.74. The molecule has 1 aliphatic heterocycles. The third kappa shape index (κ3) is 3.86. The van der Waals surface area contributed by atoms with Gasteiger partial charge in [0.15, 0.2) is 10.8 Å². The number of thioether (sulfide) groups is 1. The zero-order valence-electron chi connectivity index (χ0n) is 17.3. The van der Waals surface area contributed by atoms with Gasteiger partial charge in [-0.05, 0) is 31.5 Å². The number of morpholine rings is 1. The van der Waals surface area contributed by atoms with E-state index in [1.807, 2.05) is 28.7 Å². The van der Waals surface area contributed by atoms with Crippen LogP contribution in [0.25, 0.3) is 15.9 Å². The Morgan fingerprint density at radius 1 is 1.23 bits per heavy atom. The molecule has 1 fully saturated rings. The lowest BCUT2D eigenvalue weighted by atomic mass is 10.2. The number of anilines is 2. The third-order valence-electron chi connectivity index (χ3n) is 5.41. The zero-order chi connectivity index (χ0) is 21.4. The highest BCUT2D eigenvalue weighted by Gasteiger charge is 2.18. The molecule has 0 radical (unpaired) electrons. The van der Waals surface area contributed by atoms with Gasteiger partial charge in [-0.25, -0.2) is 4.98 Å². The second kappa shape index (κ2) is 8.45. The minimum Gasteiger partial charge on any atom is -0.378 e. The largest absolute Gasteiger partial charge is 0.378 e. The first kappa shape index (κ1) is 20.2. The Morgan fingerprint density at radius 2 is 2.03 bits per heavy atom. The summed E-state index contributed by atoms with van der Waals surface area (Å²) in [6, 6.07) is 7.88. The second-order valence-electron chi connectivity index (χ2n) is 7.34. The fourth-order valence-corrected chi connectivity index (χ4v) is 5.39. The zero-order valence-corrected chi connectivity index (χ0v) is 18.9. The van der Waals surface area contributed by atoms with E-state index in [0.717, 1.165) is 40.3 Å². The van der Waals surface area contributed by atoms with Gasteiger partial charge in [-0.15, -0.1) is 21.5 Å². The normalized spacial score (nSPS) is 14.5. The molecular formula is C21H22N6O2S2. The summed E-state index contributed by atoms with van der Waals surface area (Å²) in [6.45, 7) is 7.19. The average molecular weight is 455 g/mol. The molecule has 4 heterocycles. The molecule has 31 heavy (non-hydrogen) atoms. The Morgan fingerprint density at radius 3 is 2.87 bits per heavy atom. The van der Waals surface area contributed by atoms with Crippen LogP contribution >= 0.6 is 23.1 Å².